The summed E-state index contributed by atoms with van der Waals surface area (Å²) in [4.78, 5) is 12.2. The van der Waals surface area contributed by atoms with E-state index < -0.39 is 0 Å². The van der Waals surface area contributed by atoms with Crippen LogP contribution in [0.15, 0.2) is 23.4 Å². The molecule has 0 saturated heterocycles. The molecule has 0 bridgehead atoms. The fourth-order valence-corrected chi connectivity index (χ4v) is 4.49. The number of nitrogens with one attached hydrogen (secondary N) is 1. The molecule has 0 atom stereocenters. The van der Waals surface area contributed by atoms with Gasteiger partial charge in [-0.2, -0.15) is 0 Å². The summed E-state index contributed by atoms with van der Waals surface area (Å²) in [6.45, 7) is 1.71. The molecule has 1 amide bonds. The van der Waals surface area contributed by atoms with Crippen molar-refractivity contribution < 1.29 is 14.3 Å². The van der Waals surface area contributed by atoms with Gasteiger partial charge in [-0.15, -0.1) is 10.2 Å². The summed E-state index contributed by atoms with van der Waals surface area (Å²) >= 11 is 1.32. The molecule has 29 heavy (non-hydrogen) atoms. The number of nitrogen functional groups attached to an aromatic ring is 1. The first-order valence-electron chi connectivity index (χ1n) is 10.2. The molecule has 156 valence electrons. The molecule has 4 rings (SSSR count). The zero-order valence-electron chi connectivity index (χ0n) is 16.4. The minimum absolute atomic E-state index is 0.0465. The molecule has 3 N–H and O–H groups in total. The van der Waals surface area contributed by atoms with E-state index >= 15 is 0 Å². The van der Waals surface area contributed by atoms with Gasteiger partial charge in [0.25, 0.3) is 0 Å². The summed E-state index contributed by atoms with van der Waals surface area (Å²) in [6.07, 6.45) is 6.66. The fraction of sp³-hybridized carbons (Fsp3) is 0.550. The number of carbonyl (C=O) groups excluding carboxylic acids is 1. The van der Waals surface area contributed by atoms with Crippen molar-refractivity contribution in [2.45, 2.75) is 49.6 Å². The van der Waals surface area contributed by atoms with E-state index in [9.17, 15) is 4.79 Å². The number of carbonyl (C=O) groups is 1. The van der Waals surface area contributed by atoms with Crippen LogP contribution >= 0.6 is 11.8 Å². The molecular formula is C20H27N5O3S. The third-order valence-corrected chi connectivity index (χ3v) is 6.28. The highest BCUT2D eigenvalue weighted by Crippen LogP contribution is 2.32. The highest BCUT2D eigenvalue weighted by molar-refractivity contribution is 7.99. The Morgan fingerprint density at radius 3 is 2.79 bits per heavy atom. The van der Waals surface area contributed by atoms with Crippen molar-refractivity contribution in [2.75, 3.05) is 31.4 Å². The van der Waals surface area contributed by atoms with Crippen LogP contribution in [0, 0.1) is 0 Å². The third kappa shape index (κ3) is 4.95. The van der Waals surface area contributed by atoms with E-state index in [0.29, 0.717) is 30.8 Å². The summed E-state index contributed by atoms with van der Waals surface area (Å²) < 4.78 is 12.7. The summed E-state index contributed by atoms with van der Waals surface area (Å²) in [7, 11) is 0. The number of ether oxygens (including phenoxy) is 2. The molecule has 1 aromatic carbocycles. The van der Waals surface area contributed by atoms with Gasteiger partial charge in [0.05, 0.1) is 5.75 Å². The zero-order valence-corrected chi connectivity index (χ0v) is 17.2. The lowest BCUT2D eigenvalue weighted by atomic mass is 9.89. The predicted molar refractivity (Wildman–Crippen MR) is 111 cm³/mol. The SMILES string of the molecule is Nn1c(SCC(=O)NCCc2ccc3c(c2)OCCO3)nnc1C1CCCCC1. The number of hydrogen-bond donors (Lipinski definition) is 2. The third-order valence-electron chi connectivity index (χ3n) is 5.34. The minimum atomic E-state index is -0.0465. The molecule has 0 unspecified atom stereocenters. The Morgan fingerprint density at radius 1 is 1.17 bits per heavy atom. The first-order chi connectivity index (χ1) is 14.2. The maximum Gasteiger partial charge on any atom is 0.230 e. The van der Waals surface area contributed by atoms with Gasteiger partial charge in [-0.25, -0.2) is 4.68 Å². The number of benzene rings is 1. The highest BCUT2D eigenvalue weighted by Gasteiger charge is 2.22. The van der Waals surface area contributed by atoms with Crippen molar-refractivity contribution in [3.8, 4) is 11.5 Å². The highest BCUT2D eigenvalue weighted by atomic mass is 32.2. The summed E-state index contributed by atoms with van der Waals surface area (Å²) in [5.41, 5.74) is 1.10. The van der Waals surface area contributed by atoms with Crippen molar-refractivity contribution in [2.24, 2.45) is 0 Å². The second-order valence-electron chi connectivity index (χ2n) is 7.41. The number of nitrogens with zero attached hydrogens (tertiary/aromatic N) is 3. The molecule has 1 aromatic heterocycles. The molecule has 0 radical (unpaired) electrons. The largest absolute Gasteiger partial charge is 0.486 e. The van der Waals surface area contributed by atoms with Gasteiger partial charge < -0.3 is 20.6 Å². The van der Waals surface area contributed by atoms with Gasteiger partial charge in [0.15, 0.2) is 17.3 Å². The molecule has 1 fully saturated rings. The van der Waals surface area contributed by atoms with Crippen LogP contribution in [0.4, 0.5) is 0 Å². The Labute approximate surface area is 174 Å². The lowest BCUT2D eigenvalue weighted by molar-refractivity contribution is -0.118. The monoisotopic (exact) mass is 417 g/mol. The van der Waals surface area contributed by atoms with Crippen LogP contribution in [-0.2, 0) is 11.2 Å². The second kappa shape index (κ2) is 9.39. The maximum absolute atomic E-state index is 12.2. The number of aromatic nitrogens is 3. The van der Waals surface area contributed by atoms with Crippen LogP contribution in [0.2, 0.25) is 0 Å². The van der Waals surface area contributed by atoms with Crippen LogP contribution < -0.4 is 20.6 Å². The van der Waals surface area contributed by atoms with E-state index in [1.165, 1.54) is 31.0 Å². The van der Waals surface area contributed by atoms with Crippen molar-refractivity contribution in [1.29, 1.82) is 0 Å². The van der Waals surface area contributed by atoms with Gasteiger partial charge >= 0.3 is 0 Å². The summed E-state index contributed by atoms with van der Waals surface area (Å²) in [6, 6.07) is 5.89. The molecule has 1 aliphatic carbocycles. The standard InChI is InChI=1S/C20H27N5O3S/c21-25-19(15-4-2-1-3-5-15)23-24-20(25)29-13-18(26)22-9-8-14-6-7-16-17(12-14)28-11-10-27-16/h6-7,12,15H,1-5,8-11,13,21H2,(H,22,26). The number of amides is 1. The Bertz CT molecular complexity index is 851. The van der Waals surface area contributed by atoms with Crippen molar-refractivity contribution in [3.63, 3.8) is 0 Å². The fourth-order valence-electron chi connectivity index (χ4n) is 3.80. The van der Waals surface area contributed by atoms with Gasteiger partial charge in [0, 0.05) is 12.5 Å². The number of rotatable bonds is 7. The smallest absolute Gasteiger partial charge is 0.230 e. The van der Waals surface area contributed by atoms with E-state index in [-0.39, 0.29) is 11.7 Å². The van der Waals surface area contributed by atoms with Crippen molar-refractivity contribution >= 4 is 17.7 Å². The van der Waals surface area contributed by atoms with Crippen molar-refractivity contribution in [1.82, 2.24) is 20.2 Å². The molecule has 9 heteroatoms. The number of thioether (sulfide) groups is 1. The lowest BCUT2D eigenvalue weighted by Gasteiger charge is -2.20. The van der Waals surface area contributed by atoms with Crippen LogP contribution in [0.3, 0.4) is 0 Å². The second-order valence-corrected chi connectivity index (χ2v) is 8.35. The molecule has 0 spiro atoms. The molecule has 2 aromatic rings. The average molecular weight is 418 g/mol. The Morgan fingerprint density at radius 2 is 1.97 bits per heavy atom. The van der Waals surface area contributed by atoms with Crippen LogP contribution in [0.5, 0.6) is 11.5 Å². The van der Waals surface area contributed by atoms with Gasteiger partial charge in [-0.3, -0.25) is 4.79 Å². The topological polar surface area (TPSA) is 104 Å². The number of hydrogen-bond acceptors (Lipinski definition) is 7. The number of fused-ring (bicyclic) bond motifs is 1. The average Bonchev–Trinajstić information content (AvgIpc) is 3.13. The molecule has 8 nitrogen and oxygen atoms in total. The van der Waals surface area contributed by atoms with Gasteiger partial charge in [-0.1, -0.05) is 37.1 Å². The van der Waals surface area contributed by atoms with E-state index in [4.69, 9.17) is 15.3 Å². The normalized spacial score (nSPS) is 16.6. The molecule has 2 heterocycles. The molecule has 2 aliphatic rings. The first kappa shape index (κ1) is 19.9. The van der Waals surface area contributed by atoms with Gasteiger partial charge in [-0.05, 0) is 37.0 Å². The Hall–Kier alpha value is -2.42. The lowest BCUT2D eigenvalue weighted by Crippen LogP contribution is -2.27. The van der Waals surface area contributed by atoms with E-state index in [1.807, 2.05) is 18.2 Å². The number of nitrogens with two attached hydrogens (primary N) is 1. The van der Waals surface area contributed by atoms with E-state index in [0.717, 1.165) is 42.1 Å². The quantitative estimate of drug-likeness (QED) is 0.526. The van der Waals surface area contributed by atoms with Crippen molar-refractivity contribution in [3.05, 3.63) is 29.6 Å². The van der Waals surface area contributed by atoms with Crippen LogP contribution in [0.25, 0.3) is 0 Å². The minimum Gasteiger partial charge on any atom is -0.486 e. The molecule has 1 saturated carbocycles. The van der Waals surface area contributed by atoms with Crippen LogP contribution in [0.1, 0.15) is 49.4 Å². The Balaban J connectivity index is 1.22. The van der Waals surface area contributed by atoms with E-state index in [2.05, 4.69) is 15.5 Å². The Kier molecular flexibility index (Phi) is 6.43. The molecule has 1 aliphatic heterocycles. The van der Waals surface area contributed by atoms with Crippen LogP contribution in [-0.4, -0.2) is 46.3 Å². The molecular weight excluding hydrogens is 390 g/mol. The first-order valence-corrected chi connectivity index (χ1v) is 11.2. The summed E-state index contributed by atoms with van der Waals surface area (Å²) in [5.74, 6) is 9.16. The maximum atomic E-state index is 12.2. The zero-order chi connectivity index (χ0) is 20.1. The van der Waals surface area contributed by atoms with Gasteiger partial charge in [0.1, 0.15) is 13.2 Å². The van der Waals surface area contributed by atoms with Gasteiger partial charge in [0.2, 0.25) is 11.1 Å². The van der Waals surface area contributed by atoms with E-state index in [1.54, 1.807) is 4.68 Å². The predicted octanol–water partition coefficient (Wildman–Crippen LogP) is 2.26. The summed E-state index contributed by atoms with van der Waals surface area (Å²) in [5, 5.41) is 12.0.